The third-order valence-corrected chi connectivity index (χ3v) is 9.66. The predicted molar refractivity (Wildman–Crippen MR) is 181 cm³/mol. The summed E-state index contributed by atoms with van der Waals surface area (Å²) in [5.41, 5.74) is 8.09. The van der Waals surface area contributed by atoms with Crippen LogP contribution in [0.25, 0.3) is 86.2 Å². The van der Waals surface area contributed by atoms with Crippen LogP contribution in [0.1, 0.15) is 0 Å². The number of thiophene rings is 1. The van der Waals surface area contributed by atoms with Crippen LogP contribution in [-0.4, -0.2) is 15.0 Å². The Balaban J connectivity index is 1.48. The van der Waals surface area contributed by atoms with Gasteiger partial charge in [0.15, 0.2) is 0 Å². The lowest BCUT2D eigenvalue weighted by atomic mass is 9.83. The van der Waals surface area contributed by atoms with Crippen molar-refractivity contribution in [3.8, 4) is 43.8 Å². The predicted octanol–water partition coefficient (Wildman–Crippen LogP) is 10.7. The highest BCUT2D eigenvalue weighted by atomic mass is 32.1. The van der Waals surface area contributed by atoms with Crippen LogP contribution in [0.5, 0.6) is 0 Å². The standard InChI is InChI=1S/C39H23N3S/c1-2-10-36-24(6-1)18-37(43-36)35-20-34(27-9-5-17-42-23-27)30-12-11-28-32(25-7-3-15-40-21-25)19-33(26-8-4-16-41-22-26)29-13-14-31(35)39(30)38(28)29/h1-23H. The van der Waals surface area contributed by atoms with Crippen LogP contribution in [0.15, 0.2) is 140 Å². The fraction of sp³-hybridized carbons (Fsp3) is 0. The largest absolute Gasteiger partial charge is 0.264 e. The second-order valence-corrected chi connectivity index (χ2v) is 12.0. The number of benzene rings is 5. The molecule has 3 nitrogen and oxygen atoms in total. The molecule has 0 N–H and O–H groups in total. The van der Waals surface area contributed by atoms with Gasteiger partial charge in [-0.15, -0.1) is 11.3 Å². The fourth-order valence-electron chi connectivity index (χ4n) is 6.59. The van der Waals surface area contributed by atoms with Crippen LogP contribution in [-0.2, 0) is 0 Å². The first kappa shape index (κ1) is 24.2. The Morgan fingerprint density at radius 2 is 0.884 bits per heavy atom. The first-order valence-corrected chi connectivity index (χ1v) is 15.1. The van der Waals surface area contributed by atoms with Crippen LogP contribution >= 0.6 is 11.3 Å². The quantitative estimate of drug-likeness (QED) is 0.199. The summed E-state index contributed by atoms with van der Waals surface area (Å²) in [6.45, 7) is 0. The number of hydrogen-bond donors (Lipinski definition) is 0. The lowest BCUT2D eigenvalue weighted by Gasteiger charge is -2.21. The van der Waals surface area contributed by atoms with Gasteiger partial charge in [0.1, 0.15) is 0 Å². The van der Waals surface area contributed by atoms with E-state index in [1.807, 2.05) is 66.7 Å². The average molecular weight is 566 g/mol. The first-order valence-electron chi connectivity index (χ1n) is 14.3. The highest BCUT2D eigenvalue weighted by molar-refractivity contribution is 7.22. The summed E-state index contributed by atoms with van der Waals surface area (Å²) in [5.74, 6) is 0. The first-order chi connectivity index (χ1) is 21.3. The summed E-state index contributed by atoms with van der Waals surface area (Å²) in [7, 11) is 0. The molecule has 0 atom stereocenters. The smallest absolute Gasteiger partial charge is 0.0361 e. The number of aromatic nitrogens is 3. The Morgan fingerprint density at radius 1 is 0.419 bits per heavy atom. The molecule has 0 spiro atoms. The molecule has 43 heavy (non-hydrogen) atoms. The highest BCUT2D eigenvalue weighted by Crippen LogP contribution is 2.49. The minimum Gasteiger partial charge on any atom is -0.264 e. The van der Waals surface area contributed by atoms with Gasteiger partial charge in [-0.1, -0.05) is 60.7 Å². The molecule has 0 aliphatic heterocycles. The zero-order valence-electron chi connectivity index (χ0n) is 23.0. The summed E-state index contributed by atoms with van der Waals surface area (Å²) in [6.07, 6.45) is 11.4. The van der Waals surface area contributed by atoms with Gasteiger partial charge in [0, 0.05) is 69.0 Å². The third-order valence-electron chi connectivity index (χ3n) is 8.51. The van der Waals surface area contributed by atoms with E-state index in [9.17, 15) is 0 Å². The molecule has 0 radical (unpaired) electrons. The van der Waals surface area contributed by atoms with Crippen LogP contribution in [0, 0.1) is 0 Å². The second-order valence-electron chi connectivity index (χ2n) is 10.9. The van der Waals surface area contributed by atoms with Crippen LogP contribution in [0.4, 0.5) is 0 Å². The second kappa shape index (κ2) is 9.55. The maximum Gasteiger partial charge on any atom is 0.0361 e. The molecule has 0 amide bonds. The molecule has 0 fully saturated rings. The summed E-state index contributed by atoms with van der Waals surface area (Å²) >= 11 is 1.85. The number of hydrogen-bond acceptors (Lipinski definition) is 4. The average Bonchev–Trinajstić information content (AvgIpc) is 3.52. The SMILES string of the molecule is c1cncc(-c2cc(-c3cccnc3)c3ccc4c(-c5cc6ccccc6s5)cc(-c5cccnc5)c5ccc2c3c54)c1. The van der Waals surface area contributed by atoms with E-state index in [1.165, 1.54) is 69.5 Å². The third kappa shape index (κ3) is 3.77. The summed E-state index contributed by atoms with van der Waals surface area (Å²) < 4.78 is 1.30. The monoisotopic (exact) mass is 565 g/mol. The van der Waals surface area contributed by atoms with Gasteiger partial charge in [0.25, 0.3) is 0 Å². The molecule has 200 valence electrons. The van der Waals surface area contributed by atoms with Gasteiger partial charge in [-0.05, 0) is 96.9 Å². The van der Waals surface area contributed by atoms with Gasteiger partial charge in [-0.3, -0.25) is 15.0 Å². The van der Waals surface area contributed by atoms with E-state index in [0.717, 1.165) is 16.7 Å². The van der Waals surface area contributed by atoms with Crippen molar-refractivity contribution in [3.63, 3.8) is 0 Å². The molecule has 0 aliphatic rings. The van der Waals surface area contributed by atoms with Crippen molar-refractivity contribution in [2.24, 2.45) is 0 Å². The molecule has 5 aromatic carbocycles. The van der Waals surface area contributed by atoms with Crippen molar-refractivity contribution in [3.05, 3.63) is 140 Å². The molecule has 9 aromatic rings. The maximum atomic E-state index is 4.50. The Morgan fingerprint density at radius 3 is 1.35 bits per heavy atom. The molecule has 0 saturated heterocycles. The fourth-order valence-corrected chi connectivity index (χ4v) is 7.69. The van der Waals surface area contributed by atoms with Gasteiger partial charge >= 0.3 is 0 Å². The van der Waals surface area contributed by atoms with Crippen molar-refractivity contribution < 1.29 is 0 Å². The number of nitrogens with zero attached hydrogens (tertiary/aromatic N) is 3. The van der Waals surface area contributed by atoms with Crippen LogP contribution in [0.3, 0.4) is 0 Å². The molecule has 9 rings (SSSR count). The molecular formula is C39H23N3S. The van der Waals surface area contributed by atoms with E-state index < -0.39 is 0 Å². The van der Waals surface area contributed by atoms with Gasteiger partial charge < -0.3 is 0 Å². The van der Waals surface area contributed by atoms with Crippen molar-refractivity contribution in [2.45, 2.75) is 0 Å². The number of fused-ring (bicyclic) bond motifs is 1. The maximum absolute atomic E-state index is 4.50. The van der Waals surface area contributed by atoms with Crippen molar-refractivity contribution in [1.82, 2.24) is 15.0 Å². The van der Waals surface area contributed by atoms with Gasteiger partial charge in [-0.25, -0.2) is 0 Å². The number of rotatable bonds is 4. The topological polar surface area (TPSA) is 38.7 Å². The van der Waals surface area contributed by atoms with Crippen molar-refractivity contribution in [2.75, 3.05) is 0 Å². The summed E-state index contributed by atoms with van der Waals surface area (Å²) in [4.78, 5) is 14.7. The van der Waals surface area contributed by atoms with Gasteiger partial charge in [-0.2, -0.15) is 0 Å². The summed E-state index contributed by atoms with van der Waals surface area (Å²) in [6, 6.07) is 37.4. The molecule has 4 heterocycles. The molecule has 0 aliphatic carbocycles. The Kier molecular flexibility index (Phi) is 5.37. The lowest BCUT2D eigenvalue weighted by Crippen LogP contribution is -1.94. The molecule has 4 aromatic heterocycles. The van der Waals surface area contributed by atoms with Crippen LogP contribution in [0.2, 0.25) is 0 Å². The minimum atomic E-state index is 1.10. The molecule has 0 saturated carbocycles. The number of pyridine rings is 3. The van der Waals surface area contributed by atoms with E-state index in [2.05, 4.69) is 99.9 Å². The molecule has 0 unspecified atom stereocenters. The minimum absolute atomic E-state index is 1.10. The highest BCUT2D eigenvalue weighted by Gasteiger charge is 2.21. The van der Waals surface area contributed by atoms with Crippen molar-refractivity contribution >= 4 is 53.7 Å². The molecular weight excluding hydrogens is 543 g/mol. The summed E-state index contributed by atoms with van der Waals surface area (Å²) in [5, 5.41) is 8.75. The van der Waals surface area contributed by atoms with E-state index in [-0.39, 0.29) is 0 Å². The normalized spacial score (nSPS) is 11.7. The van der Waals surface area contributed by atoms with E-state index >= 15 is 0 Å². The van der Waals surface area contributed by atoms with Crippen molar-refractivity contribution in [1.29, 1.82) is 0 Å². The Bertz CT molecular complexity index is 2340. The van der Waals surface area contributed by atoms with E-state index in [0.29, 0.717) is 0 Å². The van der Waals surface area contributed by atoms with Crippen LogP contribution < -0.4 is 0 Å². The van der Waals surface area contributed by atoms with E-state index in [4.69, 9.17) is 0 Å². The Hall–Kier alpha value is -5.45. The molecule has 0 bridgehead atoms. The zero-order valence-corrected chi connectivity index (χ0v) is 23.8. The molecule has 4 heteroatoms. The zero-order chi connectivity index (χ0) is 28.3. The van der Waals surface area contributed by atoms with E-state index in [1.54, 1.807) is 0 Å². The lowest BCUT2D eigenvalue weighted by molar-refractivity contribution is 1.33. The van der Waals surface area contributed by atoms with Gasteiger partial charge in [0.05, 0.1) is 0 Å². The Labute approximate surface area is 252 Å². The van der Waals surface area contributed by atoms with Gasteiger partial charge in [0.2, 0.25) is 0 Å².